The summed E-state index contributed by atoms with van der Waals surface area (Å²) in [4.78, 5) is 10.4. The largest absolute Gasteiger partial charge is 0.473 e. The average molecular weight is 489 g/mol. The van der Waals surface area contributed by atoms with Crippen LogP contribution in [0.3, 0.4) is 0 Å². The fraction of sp³-hybridized carbons (Fsp3) is 0.0286. The maximum Gasteiger partial charge on any atom is 0.178 e. The van der Waals surface area contributed by atoms with Gasteiger partial charge in [0.1, 0.15) is 11.3 Å². The van der Waals surface area contributed by atoms with E-state index >= 15 is 0 Å². The molecular weight excluding hydrogens is 464 g/mol. The molecule has 0 unspecified atom stereocenters. The summed E-state index contributed by atoms with van der Waals surface area (Å²) < 4.78 is 6.91. The zero-order chi connectivity index (χ0) is 25.4. The number of ether oxygens (including phenoxy) is 1. The molecule has 3 heteroatoms. The van der Waals surface area contributed by atoms with Crippen LogP contribution in [0.2, 0.25) is 0 Å². The molecule has 2 heterocycles. The fourth-order valence-electron chi connectivity index (χ4n) is 5.23. The minimum atomic E-state index is -0.733. The number of benzene rings is 5. The van der Waals surface area contributed by atoms with Gasteiger partial charge in [-0.05, 0) is 24.3 Å². The van der Waals surface area contributed by atoms with Gasteiger partial charge in [-0.15, -0.1) is 0 Å². The van der Waals surface area contributed by atoms with Crippen molar-refractivity contribution >= 4 is 17.1 Å². The lowest BCUT2D eigenvalue weighted by atomic mass is 9.83. The maximum atomic E-state index is 6.91. The topological polar surface area (TPSA) is 35.0 Å². The van der Waals surface area contributed by atoms with E-state index in [1.165, 1.54) is 0 Å². The molecule has 0 spiro atoms. The third-order valence-electron chi connectivity index (χ3n) is 7.09. The van der Waals surface area contributed by atoms with Crippen LogP contribution in [0.4, 0.5) is 0 Å². The van der Waals surface area contributed by atoms with Gasteiger partial charge in [0.15, 0.2) is 5.60 Å². The molecule has 6 aromatic rings. The van der Waals surface area contributed by atoms with Gasteiger partial charge in [-0.2, -0.15) is 0 Å². The third kappa shape index (κ3) is 3.68. The molecule has 0 bridgehead atoms. The van der Waals surface area contributed by atoms with Crippen molar-refractivity contribution in [3.8, 4) is 28.3 Å². The second kappa shape index (κ2) is 9.13. The Kier molecular flexibility index (Phi) is 5.33. The molecule has 0 saturated carbocycles. The van der Waals surface area contributed by atoms with Gasteiger partial charge in [0.2, 0.25) is 0 Å². The van der Waals surface area contributed by atoms with E-state index in [4.69, 9.17) is 14.7 Å². The van der Waals surface area contributed by atoms with Crippen molar-refractivity contribution in [3.05, 3.63) is 156 Å². The number of nitrogens with zero attached hydrogens (tertiary/aromatic N) is 2. The second-order valence-corrected chi connectivity index (χ2v) is 9.40. The minimum absolute atomic E-state index is 0.733. The van der Waals surface area contributed by atoms with Crippen LogP contribution >= 0.6 is 0 Å². The van der Waals surface area contributed by atoms with Crippen LogP contribution in [-0.4, -0.2) is 9.97 Å². The van der Waals surface area contributed by atoms with Crippen LogP contribution in [0.5, 0.6) is 5.75 Å². The summed E-state index contributed by atoms with van der Waals surface area (Å²) in [5.74, 6) is 0.786. The van der Waals surface area contributed by atoms with Gasteiger partial charge in [-0.25, -0.2) is 9.97 Å². The van der Waals surface area contributed by atoms with Crippen molar-refractivity contribution in [2.75, 3.05) is 0 Å². The van der Waals surface area contributed by atoms with Gasteiger partial charge in [-0.3, -0.25) is 0 Å². The fourth-order valence-corrected chi connectivity index (χ4v) is 5.23. The molecule has 3 nitrogen and oxygen atoms in total. The predicted molar refractivity (Wildman–Crippen MR) is 154 cm³/mol. The summed E-state index contributed by atoms with van der Waals surface area (Å²) in [6, 6.07) is 45.3. The minimum Gasteiger partial charge on any atom is -0.473 e. The summed E-state index contributed by atoms with van der Waals surface area (Å²) in [5, 5.41) is 0. The first-order valence-corrected chi connectivity index (χ1v) is 12.8. The summed E-state index contributed by atoms with van der Waals surface area (Å²) in [5.41, 5.74) is 7.81. The molecule has 38 heavy (non-hydrogen) atoms. The number of rotatable bonds is 4. The molecule has 180 valence electrons. The van der Waals surface area contributed by atoms with Crippen LogP contribution in [0.25, 0.3) is 39.6 Å². The second-order valence-electron chi connectivity index (χ2n) is 9.40. The zero-order valence-corrected chi connectivity index (χ0v) is 20.7. The molecule has 0 aliphatic carbocycles. The van der Waals surface area contributed by atoms with Crippen molar-refractivity contribution in [2.45, 2.75) is 5.60 Å². The van der Waals surface area contributed by atoms with Crippen molar-refractivity contribution in [1.29, 1.82) is 0 Å². The van der Waals surface area contributed by atoms with Gasteiger partial charge in [0, 0.05) is 27.8 Å². The number of hydrogen-bond donors (Lipinski definition) is 0. The van der Waals surface area contributed by atoms with E-state index in [0.717, 1.165) is 56.0 Å². The third-order valence-corrected chi connectivity index (χ3v) is 7.09. The quantitative estimate of drug-likeness (QED) is 0.250. The summed E-state index contributed by atoms with van der Waals surface area (Å²) in [6.07, 6.45) is 4.29. The molecule has 7 rings (SSSR count). The Hall–Kier alpha value is -5.02. The molecule has 0 fully saturated rings. The monoisotopic (exact) mass is 488 g/mol. The lowest BCUT2D eigenvalue weighted by Crippen LogP contribution is -2.34. The number of aromatic nitrogens is 2. The highest BCUT2D eigenvalue weighted by molar-refractivity contribution is 5.93. The highest BCUT2D eigenvalue weighted by Crippen LogP contribution is 2.44. The van der Waals surface area contributed by atoms with Crippen LogP contribution in [-0.2, 0) is 5.60 Å². The Labute approximate surface area is 221 Å². The molecule has 1 aromatic heterocycles. The molecule has 0 saturated heterocycles. The molecule has 1 aliphatic rings. The smallest absolute Gasteiger partial charge is 0.178 e. The van der Waals surface area contributed by atoms with Gasteiger partial charge < -0.3 is 4.74 Å². The van der Waals surface area contributed by atoms with Crippen molar-refractivity contribution in [2.24, 2.45) is 0 Å². The predicted octanol–water partition coefficient (Wildman–Crippen LogP) is 8.31. The van der Waals surface area contributed by atoms with Crippen LogP contribution < -0.4 is 4.74 Å². The standard InChI is InChI=1S/C35H24N2O/c1-5-13-25(14-6-1)32-33(26-15-7-2-8-16-26)37-34-29-23-24-35(27-17-9-3-10-18-27,28-19-11-4-12-20-28)38-31(29)22-21-30(34)36-32/h1-24H. The Morgan fingerprint density at radius 2 is 1.00 bits per heavy atom. The van der Waals surface area contributed by atoms with E-state index in [2.05, 4.69) is 84.9 Å². The van der Waals surface area contributed by atoms with Gasteiger partial charge in [0.05, 0.1) is 16.9 Å². The number of hydrogen-bond acceptors (Lipinski definition) is 3. The van der Waals surface area contributed by atoms with E-state index in [9.17, 15) is 0 Å². The zero-order valence-electron chi connectivity index (χ0n) is 20.7. The molecule has 0 atom stereocenters. The first-order chi connectivity index (χ1) is 18.8. The molecule has 0 N–H and O–H groups in total. The average Bonchev–Trinajstić information content (AvgIpc) is 3.01. The van der Waals surface area contributed by atoms with Crippen LogP contribution in [0.15, 0.2) is 140 Å². The summed E-state index contributed by atoms with van der Waals surface area (Å²) in [6.45, 7) is 0. The molecule has 0 amide bonds. The van der Waals surface area contributed by atoms with Crippen LogP contribution in [0, 0.1) is 0 Å². The van der Waals surface area contributed by atoms with Crippen LogP contribution in [0.1, 0.15) is 16.7 Å². The highest BCUT2D eigenvalue weighted by atomic mass is 16.5. The van der Waals surface area contributed by atoms with E-state index in [1.54, 1.807) is 0 Å². The van der Waals surface area contributed by atoms with E-state index in [1.807, 2.05) is 60.7 Å². The van der Waals surface area contributed by atoms with Crippen molar-refractivity contribution in [3.63, 3.8) is 0 Å². The van der Waals surface area contributed by atoms with Gasteiger partial charge in [0.25, 0.3) is 0 Å². The Bertz CT molecular complexity index is 1720. The molecule has 1 aliphatic heterocycles. The first-order valence-electron chi connectivity index (χ1n) is 12.8. The SMILES string of the molecule is C1=CC(c2ccccc2)(c2ccccc2)Oc2ccc3nc(-c4ccccc4)c(-c4ccccc4)nc3c21. The molecule has 0 radical (unpaired) electrons. The number of fused-ring (bicyclic) bond motifs is 3. The maximum absolute atomic E-state index is 6.91. The highest BCUT2D eigenvalue weighted by Gasteiger charge is 2.37. The molecule has 5 aromatic carbocycles. The lowest BCUT2D eigenvalue weighted by Gasteiger charge is -2.36. The van der Waals surface area contributed by atoms with Gasteiger partial charge >= 0.3 is 0 Å². The summed E-state index contributed by atoms with van der Waals surface area (Å²) in [7, 11) is 0. The van der Waals surface area contributed by atoms with Gasteiger partial charge in [-0.1, -0.05) is 121 Å². The van der Waals surface area contributed by atoms with E-state index in [-0.39, 0.29) is 0 Å². The Morgan fingerprint density at radius 1 is 0.500 bits per heavy atom. The molecular formula is C35H24N2O. The Morgan fingerprint density at radius 3 is 1.55 bits per heavy atom. The van der Waals surface area contributed by atoms with E-state index in [0.29, 0.717) is 0 Å². The van der Waals surface area contributed by atoms with E-state index < -0.39 is 5.60 Å². The first kappa shape index (κ1) is 22.2. The van der Waals surface area contributed by atoms with Crippen molar-refractivity contribution < 1.29 is 4.74 Å². The Balaban J connectivity index is 1.45. The lowest BCUT2D eigenvalue weighted by molar-refractivity contribution is 0.161. The van der Waals surface area contributed by atoms with Crippen molar-refractivity contribution in [1.82, 2.24) is 9.97 Å². The summed E-state index contributed by atoms with van der Waals surface area (Å²) >= 11 is 0. The normalized spacial score (nSPS) is 13.6.